The summed E-state index contributed by atoms with van der Waals surface area (Å²) >= 11 is 0. The molecule has 0 bridgehead atoms. The van der Waals surface area contributed by atoms with Crippen LogP contribution in [0.15, 0.2) is 54.7 Å². The minimum Gasteiger partial charge on any atom is -0.507 e. The first kappa shape index (κ1) is 17.6. The van der Waals surface area contributed by atoms with Gasteiger partial charge in [0.05, 0.1) is 5.56 Å². The lowest BCUT2D eigenvalue weighted by Gasteiger charge is -2.08. The van der Waals surface area contributed by atoms with Crippen LogP contribution in [0.3, 0.4) is 0 Å². The lowest BCUT2D eigenvalue weighted by Crippen LogP contribution is -2.14. The van der Waals surface area contributed by atoms with E-state index in [1.807, 2.05) is 18.3 Å². The summed E-state index contributed by atoms with van der Waals surface area (Å²) in [5, 5.41) is 19.1. The molecule has 0 aliphatic rings. The number of benzene rings is 2. The van der Waals surface area contributed by atoms with Crippen LogP contribution in [0.4, 0.5) is 0 Å². The van der Waals surface area contributed by atoms with Gasteiger partial charge in [-0.15, -0.1) is 0 Å². The number of carboxylic acids is 1. The van der Waals surface area contributed by atoms with Crippen LogP contribution in [0.5, 0.6) is 5.75 Å². The number of phenolic OH excluding ortho intramolecular Hbond substituents is 1. The van der Waals surface area contributed by atoms with Crippen LogP contribution in [0, 0.1) is 0 Å². The van der Waals surface area contributed by atoms with Gasteiger partial charge in [0, 0.05) is 23.6 Å². The molecule has 3 rings (SSSR count). The molecular weight excluding hydrogens is 304 g/mol. The molecule has 0 aliphatic heterocycles. The van der Waals surface area contributed by atoms with Gasteiger partial charge in [0.15, 0.2) is 0 Å². The van der Waals surface area contributed by atoms with Gasteiger partial charge in [0.25, 0.3) is 0 Å². The molecule has 0 radical (unpaired) electrons. The first-order chi connectivity index (χ1) is 11.5. The zero-order valence-corrected chi connectivity index (χ0v) is 13.9. The average Bonchev–Trinajstić information content (AvgIpc) is 2.99. The number of carboxylic acid groups (broad SMARTS) is 1. The molecule has 3 aromatic rings. The van der Waals surface area contributed by atoms with Crippen molar-refractivity contribution in [1.82, 2.24) is 9.88 Å². The van der Waals surface area contributed by atoms with Crippen molar-refractivity contribution in [3.05, 3.63) is 65.9 Å². The van der Waals surface area contributed by atoms with Gasteiger partial charge in [-0.1, -0.05) is 24.3 Å². The fourth-order valence-corrected chi connectivity index (χ4v) is 2.36. The Morgan fingerprint density at radius 2 is 1.79 bits per heavy atom. The summed E-state index contributed by atoms with van der Waals surface area (Å²) in [5.74, 6) is -0.516. The van der Waals surface area contributed by atoms with E-state index < -0.39 is 5.97 Å². The van der Waals surface area contributed by atoms with Gasteiger partial charge >= 0.3 is 5.97 Å². The molecule has 1 aromatic heterocycles. The number of nitrogens with zero attached hydrogens (tertiary/aromatic N) is 1. The monoisotopic (exact) mass is 326 g/mol. The summed E-state index contributed by atoms with van der Waals surface area (Å²) in [4.78, 5) is 15.5. The molecule has 126 valence electrons. The molecule has 5 heteroatoms. The topological polar surface area (TPSA) is 76.6 Å². The van der Waals surface area contributed by atoms with E-state index in [-0.39, 0.29) is 0 Å². The Labute approximate surface area is 141 Å². The number of likely N-dealkylation sites (N-methyl/N-ethyl adjacent to an activating group) is 1. The van der Waals surface area contributed by atoms with E-state index in [1.54, 1.807) is 36.4 Å². The minimum absolute atomic E-state index is 0.331. The lowest BCUT2D eigenvalue weighted by molar-refractivity contribution is 0.0697. The van der Waals surface area contributed by atoms with Gasteiger partial charge in [-0.25, -0.2) is 4.79 Å². The number of nitrogens with one attached hydrogen (secondary N) is 1. The molecule has 0 saturated heterocycles. The molecule has 0 atom stereocenters. The molecule has 0 unspecified atom stereocenters. The van der Waals surface area contributed by atoms with Crippen LogP contribution in [-0.2, 0) is 6.42 Å². The first-order valence-electron chi connectivity index (χ1n) is 7.70. The van der Waals surface area contributed by atoms with E-state index in [1.165, 1.54) is 5.56 Å². The van der Waals surface area contributed by atoms with Crippen LogP contribution in [0.25, 0.3) is 10.9 Å². The summed E-state index contributed by atoms with van der Waals surface area (Å²) in [5.41, 5.74) is 2.51. The lowest BCUT2D eigenvalue weighted by atomic mass is 10.1. The van der Waals surface area contributed by atoms with Gasteiger partial charge in [-0.3, -0.25) is 0 Å². The number of fused-ring (bicyclic) bond motifs is 1. The van der Waals surface area contributed by atoms with Crippen molar-refractivity contribution in [3.63, 3.8) is 0 Å². The Morgan fingerprint density at radius 1 is 1.08 bits per heavy atom. The van der Waals surface area contributed by atoms with Crippen molar-refractivity contribution < 1.29 is 15.0 Å². The summed E-state index contributed by atoms with van der Waals surface area (Å²) in [6, 6.07) is 13.9. The smallest absolute Gasteiger partial charge is 0.335 e. The zero-order valence-electron chi connectivity index (χ0n) is 13.9. The van der Waals surface area contributed by atoms with Crippen molar-refractivity contribution >= 4 is 16.9 Å². The highest BCUT2D eigenvalue weighted by Gasteiger charge is 2.07. The Balaban J connectivity index is 0.000000198. The second kappa shape index (κ2) is 8.17. The Bertz CT molecular complexity index is 795. The van der Waals surface area contributed by atoms with Crippen LogP contribution in [0.2, 0.25) is 0 Å². The number of H-pyrrole nitrogens is 1. The number of aromatic nitrogens is 1. The largest absolute Gasteiger partial charge is 0.507 e. The summed E-state index contributed by atoms with van der Waals surface area (Å²) in [6.45, 7) is 0.987. The fraction of sp³-hybridized carbons (Fsp3) is 0.211. The molecule has 2 aromatic carbocycles. The molecule has 3 N–H and O–H groups in total. The normalized spacial score (nSPS) is 10.5. The maximum Gasteiger partial charge on any atom is 0.335 e. The Hall–Kier alpha value is -2.79. The predicted octanol–water partition coefficient (Wildman–Crippen LogP) is 3.36. The minimum atomic E-state index is -0.879. The highest BCUT2D eigenvalue weighted by molar-refractivity contribution is 5.89. The molecular formula is C19H22N2O3. The highest BCUT2D eigenvalue weighted by Crippen LogP contribution is 2.27. The summed E-state index contributed by atoms with van der Waals surface area (Å²) in [7, 11) is 4.10. The number of phenols is 1. The second-order valence-corrected chi connectivity index (χ2v) is 5.74. The number of rotatable bonds is 4. The first-order valence-corrected chi connectivity index (χ1v) is 7.70. The number of carbonyl (C=O) groups is 1. The number of aromatic amines is 1. The van der Waals surface area contributed by atoms with Gasteiger partial charge in [0.2, 0.25) is 0 Å². The maximum atomic E-state index is 10.2. The quantitative estimate of drug-likeness (QED) is 0.687. The zero-order chi connectivity index (χ0) is 17.5. The third kappa shape index (κ3) is 4.60. The van der Waals surface area contributed by atoms with Gasteiger partial charge in [-0.2, -0.15) is 0 Å². The van der Waals surface area contributed by atoms with E-state index >= 15 is 0 Å². The van der Waals surface area contributed by atoms with E-state index in [9.17, 15) is 9.90 Å². The number of hydrogen-bond donors (Lipinski definition) is 3. The molecule has 0 aliphatic carbocycles. The molecule has 0 amide bonds. The Morgan fingerprint density at radius 3 is 2.38 bits per heavy atom. The fourth-order valence-electron chi connectivity index (χ4n) is 2.36. The van der Waals surface area contributed by atoms with Crippen LogP contribution in [-0.4, -0.2) is 46.7 Å². The maximum absolute atomic E-state index is 10.2. The Kier molecular flexibility index (Phi) is 5.98. The van der Waals surface area contributed by atoms with Gasteiger partial charge in [-0.05, 0) is 50.3 Å². The average molecular weight is 326 g/mol. The molecule has 0 fully saturated rings. The van der Waals surface area contributed by atoms with Crippen molar-refractivity contribution in [2.24, 2.45) is 0 Å². The molecule has 24 heavy (non-hydrogen) atoms. The number of aromatic hydroxyl groups is 1. The van der Waals surface area contributed by atoms with Crippen molar-refractivity contribution in [2.45, 2.75) is 6.42 Å². The van der Waals surface area contributed by atoms with Crippen molar-refractivity contribution in [3.8, 4) is 5.75 Å². The van der Waals surface area contributed by atoms with E-state index in [0.717, 1.165) is 23.9 Å². The molecule has 0 spiro atoms. The number of aromatic carboxylic acids is 1. The van der Waals surface area contributed by atoms with E-state index in [4.69, 9.17) is 5.11 Å². The van der Waals surface area contributed by atoms with Gasteiger partial charge < -0.3 is 20.1 Å². The second-order valence-electron chi connectivity index (χ2n) is 5.74. The molecule has 0 saturated carbocycles. The van der Waals surface area contributed by atoms with E-state index in [0.29, 0.717) is 11.3 Å². The van der Waals surface area contributed by atoms with Crippen molar-refractivity contribution in [1.29, 1.82) is 0 Å². The molecule has 5 nitrogen and oxygen atoms in total. The summed E-state index contributed by atoms with van der Waals surface area (Å²) < 4.78 is 0. The van der Waals surface area contributed by atoms with Gasteiger partial charge in [0.1, 0.15) is 5.75 Å². The van der Waals surface area contributed by atoms with E-state index in [2.05, 4.69) is 24.0 Å². The summed E-state index contributed by atoms with van der Waals surface area (Å²) in [6.07, 6.45) is 2.93. The molecule has 1 heterocycles. The van der Waals surface area contributed by atoms with Crippen molar-refractivity contribution in [2.75, 3.05) is 20.6 Å². The third-order valence-corrected chi connectivity index (χ3v) is 3.61. The standard InChI is InChI=1S/C12H16N2O.C7H6O2/c1-14(2)7-6-9-8-13-10-4-3-5-11(15)12(9)10;8-7(9)6-4-2-1-3-5-6/h3-5,8,13,15H,6-7H2,1-2H3;1-5H,(H,8,9). The predicted molar refractivity (Wildman–Crippen MR) is 95.6 cm³/mol. The third-order valence-electron chi connectivity index (χ3n) is 3.61. The highest BCUT2D eigenvalue weighted by atomic mass is 16.4. The number of hydrogen-bond acceptors (Lipinski definition) is 3. The van der Waals surface area contributed by atoms with Crippen LogP contribution >= 0.6 is 0 Å². The van der Waals surface area contributed by atoms with Crippen LogP contribution in [0.1, 0.15) is 15.9 Å². The SMILES string of the molecule is CN(C)CCc1c[nH]c2cccc(O)c12.O=C(O)c1ccccc1. The van der Waals surface area contributed by atoms with Crippen LogP contribution < -0.4 is 0 Å².